The van der Waals surface area contributed by atoms with Crippen molar-refractivity contribution in [2.75, 3.05) is 34.3 Å². The van der Waals surface area contributed by atoms with Crippen LogP contribution in [0.25, 0.3) is 6.08 Å². The Morgan fingerprint density at radius 1 is 1.23 bits per heavy atom. The van der Waals surface area contributed by atoms with Crippen LogP contribution in [0.4, 0.5) is 0 Å². The molecular formula is C21H32N2O3. The van der Waals surface area contributed by atoms with Crippen molar-refractivity contribution in [3.05, 3.63) is 29.8 Å². The molecule has 0 atom stereocenters. The van der Waals surface area contributed by atoms with Gasteiger partial charge in [-0.25, -0.2) is 0 Å². The summed E-state index contributed by atoms with van der Waals surface area (Å²) < 4.78 is 5.13. The van der Waals surface area contributed by atoms with Crippen LogP contribution in [0.3, 0.4) is 0 Å². The largest absolute Gasteiger partial charge is 0.504 e. The predicted octanol–water partition coefficient (Wildman–Crippen LogP) is 3.38. The van der Waals surface area contributed by atoms with Gasteiger partial charge in [0.25, 0.3) is 0 Å². The SMILES string of the molecule is COc1cc(/C=C/C(=O)N(CCN(C)C)[C@H]2CC[C@H](C)CC2)ccc1O. The second kappa shape index (κ2) is 9.62. The Kier molecular flexibility index (Phi) is 7.51. The van der Waals surface area contributed by atoms with Crippen molar-refractivity contribution in [3.8, 4) is 11.5 Å². The topological polar surface area (TPSA) is 53.0 Å². The highest BCUT2D eigenvalue weighted by Crippen LogP contribution is 2.28. The van der Waals surface area contributed by atoms with E-state index in [4.69, 9.17) is 4.74 Å². The highest BCUT2D eigenvalue weighted by Gasteiger charge is 2.26. The minimum absolute atomic E-state index is 0.0541. The van der Waals surface area contributed by atoms with Crippen LogP contribution in [-0.2, 0) is 4.79 Å². The number of carbonyl (C=O) groups excluding carboxylic acids is 1. The Morgan fingerprint density at radius 2 is 1.92 bits per heavy atom. The van der Waals surface area contributed by atoms with E-state index in [2.05, 4.69) is 11.8 Å². The minimum atomic E-state index is 0.0541. The van der Waals surface area contributed by atoms with Crippen LogP contribution < -0.4 is 4.74 Å². The van der Waals surface area contributed by atoms with Gasteiger partial charge in [-0.1, -0.05) is 13.0 Å². The number of hydrogen-bond donors (Lipinski definition) is 1. The lowest BCUT2D eigenvalue weighted by Crippen LogP contribution is -2.44. The van der Waals surface area contributed by atoms with Crippen LogP contribution in [0.2, 0.25) is 0 Å². The number of likely N-dealkylation sites (N-methyl/N-ethyl adjacent to an activating group) is 1. The summed E-state index contributed by atoms with van der Waals surface area (Å²) in [5.41, 5.74) is 0.831. The summed E-state index contributed by atoms with van der Waals surface area (Å²) in [5.74, 6) is 1.32. The summed E-state index contributed by atoms with van der Waals surface area (Å²) in [7, 11) is 5.58. The fraction of sp³-hybridized carbons (Fsp3) is 0.571. The molecule has 1 aliphatic carbocycles. The van der Waals surface area contributed by atoms with E-state index < -0.39 is 0 Å². The second-order valence-electron chi connectivity index (χ2n) is 7.51. The first-order chi connectivity index (χ1) is 12.4. The molecule has 5 heteroatoms. The van der Waals surface area contributed by atoms with Crippen LogP contribution >= 0.6 is 0 Å². The quantitative estimate of drug-likeness (QED) is 0.758. The Bertz CT molecular complexity index is 620. The maximum atomic E-state index is 12.9. The van der Waals surface area contributed by atoms with Crippen molar-refractivity contribution in [1.82, 2.24) is 9.80 Å². The number of hydrogen-bond acceptors (Lipinski definition) is 4. The zero-order valence-corrected chi connectivity index (χ0v) is 16.4. The average molecular weight is 360 g/mol. The Balaban J connectivity index is 2.09. The van der Waals surface area contributed by atoms with Crippen LogP contribution in [0.1, 0.15) is 38.2 Å². The normalized spacial score (nSPS) is 20.5. The molecule has 1 N–H and O–H groups in total. The lowest BCUT2D eigenvalue weighted by atomic mass is 9.86. The molecule has 0 heterocycles. The fourth-order valence-corrected chi connectivity index (χ4v) is 3.40. The minimum Gasteiger partial charge on any atom is -0.504 e. The molecule has 26 heavy (non-hydrogen) atoms. The lowest BCUT2D eigenvalue weighted by molar-refractivity contribution is -0.129. The maximum Gasteiger partial charge on any atom is 0.246 e. The van der Waals surface area contributed by atoms with Gasteiger partial charge in [-0.05, 0) is 69.5 Å². The molecule has 0 radical (unpaired) electrons. The number of methoxy groups -OCH3 is 1. The molecule has 1 amide bonds. The van der Waals surface area contributed by atoms with Gasteiger partial charge in [0.05, 0.1) is 7.11 Å². The maximum absolute atomic E-state index is 12.9. The molecule has 0 unspecified atom stereocenters. The number of amides is 1. The van der Waals surface area contributed by atoms with E-state index in [1.165, 1.54) is 20.0 Å². The van der Waals surface area contributed by atoms with Crippen LogP contribution in [0, 0.1) is 5.92 Å². The Labute approximate surface area is 157 Å². The fourth-order valence-electron chi connectivity index (χ4n) is 3.40. The number of benzene rings is 1. The average Bonchev–Trinajstić information content (AvgIpc) is 2.62. The summed E-state index contributed by atoms with van der Waals surface area (Å²) in [6.07, 6.45) is 7.98. The molecule has 0 aliphatic heterocycles. The molecule has 0 bridgehead atoms. The monoisotopic (exact) mass is 360 g/mol. The Morgan fingerprint density at radius 3 is 2.54 bits per heavy atom. The van der Waals surface area contributed by atoms with E-state index in [-0.39, 0.29) is 11.7 Å². The smallest absolute Gasteiger partial charge is 0.246 e. The van der Waals surface area contributed by atoms with Crippen molar-refractivity contribution in [3.63, 3.8) is 0 Å². The molecule has 5 nitrogen and oxygen atoms in total. The van der Waals surface area contributed by atoms with Gasteiger partial charge in [0.15, 0.2) is 11.5 Å². The first-order valence-electron chi connectivity index (χ1n) is 9.41. The third-order valence-corrected chi connectivity index (χ3v) is 5.12. The van der Waals surface area contributed by atoms with E-state index in [0.717, 1.165) is 37.4 Å². The molecular weight excluding hydrogens is 328 g/mol. The first kappa shape index (κ1) is 20.3. The number of nitrogens with zero attached hydrogens (tertiary/aromatic N) is 2. The van der Waals surface area contributed by atoms with Crippen molar-refractivity contribution < 1.29 is 14.6 Å². The van der Waals surface area contributed by atoms with E-state index in [1.807, 2.05) is 19.0 Å². The molecule has 0 aromatic heterocycles. The van der Waals surface area contributed by atoms with E-state index in [1.54, 1.807) is 30.4 Å². The number of rotatable bonds is 7. The van der Waals surface area contributed by atoms with Gasteiger partial charge in [0.2, 0.25) is 5.91 Å². The van der Waals surface area contributed by atoms with E-state index in [0.29, 0.717) is 11.8 Å². The Hall–Kier alpha value is -2.01. The summed E-state index contributed by atoms with van der Waals surface area (Å²) in [4.78, 5) is 17.0. The van der Waals surface area contributed by atoms with Crippen molar-refractivity contribution in [2.24, 2.45) is 5.92 Å². The summed E-state index contributed by atoms with van der Waals surface area (Å²) in [6, 6.07) is 5.41. The lowest BCUT2D eigenvalue weighted by Gasteiger charge is -2.36. The summed E-state index contributed by atoms with van der Waals surface area (Å²) in [6.45, 7) is 3.90. The van der Waals surface area contributed by atoms with Crippen molar-refractivity contribution >= 4 is 12.0 Å². The molecule has 1 aliphatic rings. The van der Waals surface area contributed by atoms with Gasteiger partial charge in [0, 0.05) is 25.2 Å². The number of carbonyl (C=O) groups is 1. The molecule has 1 fully saturated rings. The van der Waals surface area contributed by atoms with Gasteiger partial charge >= 0.3 is 0 Å². The van der Waals surface area contributed by atoms with Crippen LogP contribution in [0.5, 0.6) is 11.5 Å². The third kappa shape index (κ3) is 5.77. The predicted molar refractivity (Wildman–Crippen MR) is 105 cm³/mol. The van der Waals surface area contributed by atoms with Crippen molar-refractivity contribution in [2.45, 2.75) is 38.6 Å². The number of phenols is 1. The highest BCUT2D eigenvalue weighted by molar-refractivity contribution is 5.92. The summed E-state index contributed by atoms with van der Waals surface area (Å²) in [5, 5.41) is 9.69. The van der Waals surface area contributed by atoms with E-state index >= 15 is 0 Å². The zero-order valence-electron chi connectivity index (χ0n) is 16.4. The number of ether oxygens (including phenoxy) is 1. The first-order valence-corrected chi connectivity index (χ1v) is 9.41. The molecule has 1 aromatic rings. The molecule has 144 valence electrons. The van der Waals surface area contributed by atoms with Crippen LogP contribution in [-0.4, -0.2) is 61.2 Å². The molecule has 0 saturated heterocycles. The summed E-state index contributed by atoms with van der Waals surface area (Å²) >= 11 is 0. The van der Waals surface area contributed by atoms with Crippen molar-refractivity contribution in [1.29, 1.82) is 0 Å². The van der Waals surface area contributed by atoms with Gasteiger partial charge < -0.3 is 19.6 Å². The van der Waals surface area contributed by atoms with Gasteiger partial charge in [-0.15, -0.1) is 0 Å². The second-order valence-corrected chi connectivity index (χ2v) is 7.51. The van der Waals surface area contributed by atoms with E-state index in [9.17, 15) is 9.90 Å². The van der Waals surface area contributed by atoms with Gasteiger partial charge in [0.1, 0.15) is 0 Å². The van der Waals surface area contributed by atoms with Crippen LogP contribution in [0.15, 0.2) is 24.3 Å². The number of phenolic OH excluding ortho intramolecular Hbond substituents is 1. The third-order valence-electron chi connectivity index (χ3n) is 5.12. The highest BCUT2D eigenvalue weighted by atomic mass is 16.5. The molecule has 1 aromatic carbocycles. The molecule has 1 saturated carbocycles. The molecule has 0 spiro atoms. The number of aromatic hydroxyl groups is 1. The van der Waals surface area contributed by atoms with Gasteiger partial charge in [-0.3, -0.25) is 4.79 Å². The molecule has 2 rings (SSSR count). The standard InChI is InChI=1S/C21H32N2O3/c1-16-5-9-18(10-6-16)23(14-13-22(2)3)21(25)12-8-17-7-11-19(24)20(15-17)26-4/h7-8,11-12,15-16,18,24H,5-6,9-10,13-14H2,1-4H3/b12-8+/t16-,18-. The van der Waals surface area contributed by atoms with Gasteiger partial charge in [-0.2, -0.15) is 0 Å². The zero-order chi connectivity index (χ0) is 19.1.